The van der Waals surface area contributed by atoms with Gasteiger partial charge in [-0.3, -0.25) is 4.79 Å². The molecule has 148 valence electrons. The number of hydrogen-bond donors (Lipinski definition) is 1. The van der Waals surface area contributed by atoms with Crippen LogP contribution in [0.4, 0.5) is 5.69 Å². The predicted molar refractivity (Wildman–Crippen MR) is 101 cm³/mol. The largest absolute Gasteiger partial charge is 0.465 e. The Bertz CT molecular complexity index is 950. The first-order valence-corrected chi connectivity index (χ1v) is 9.81. The minimum absolute atomic E-state index is 0.0395. The number of amides is 1. The first-order chi connectivity index (χ1) is 13.3. The van der Waals surface area contributed by atoms with E-state index in [1.807, 2.05) is 0 Å². The fourth-order valence-corrected chi connectivity index (χ4v) is 3.63. The molecule has 0 atom stereocenters. The molecular weight excluding hydrogens is 386 g/mol. The Labute approximate surface area is 162 Å². The molecule has 0 spiro atoms. The van der Waals surface area contributed by atoms with Gasteiger partial charge in [0.25, 0.3) is 0 Å². The van der Waals surface area contributed by atoms with Crippen molar-refractivity contribution < 1.29 is 32.3 Å². The summed E-state index contributed by atoms with van der Waals surface area (Å²) in [5, 5.41) is 2.49. The van der Waals surface area contributed by atoms with E-state index >= 15 is 0 Å². The van der Waals surface area contributed by atoms with Crippen molar-refractivity contribution in [1.82, 2.24) is 0 Å². The molecule has 0 aliphatic heterocycles. The van der Waals surface area contributed by atoms with Crippen LogP contribution in [0.5, 0.6) is 0 Å². The summed E-state index contributed by atoms with van der Waals surface area (Å²) in [4.78, 5) is 35.8. The lowest BCUT2D eigenvalue weighted by molar-refractivity contribution is -0.115. The molecule has 0 unspecified atom stereocenters. The van der Waals surface area contributed by atoms with Gasteiger partial charge in [-0.2, -0.15) is 0 Å². The number of carbonyl (C=O) groups is 3. The second-order valence-electron chi connectivity index (χ2n) is 5.71. The standard InChI is InChI=1S/C19H19NO7S/c1-26-18(22)13-10-14(19(23)27-2)12-15(11-13)20-17(21)8-9-28(24,25)16-6-4-3-5-7-16/h3-7,10-12H,8-9H2,1-2H3,(H,20,21). The zero-order valence-corrected chi connectivity index (χ0v) is 16.1. The lowest BCUT2D eigenvalue weighted by atomic mass is 10.1. The fraction of sp³-hybridized carbons (Fsp3) is 0.211. The van der Waals surface area contributed by atoms with Crippen LogP contribution in [0.15, 0.2) is 53.4 Å². The molecule has 2 aromatic rings. The van der Waals surface area contributed by atoms with Crippen molar-refractivity contribution in [3.8, 4) is 0 Å². The van der Waals surface area contributed by atoms with Crippen molar-refractivity contribution >= 4 is 33.4 Å². The van der Waals surface area contributed by atoms with E-state index in [9.17, 15) is 22.8 Å². The fourth-order valence-electron chi connectivity index (χ4n) is 2.37. The van der Waals surface area contributed by atoms with Gasteiger partial charge in [-0.05, 0) is 30.3 Å². The van der Waals surface area contributed by atoms with Gasteiger partial charge in [-0.15, -0.1) is 0 Å². The Kier molecular flexibility index (Phi) is 6.89. The van der Waals surface area contributed by atoms with E-state index < -0.39 is 27.7 Å². The third kappa shape index (κ3) is 5.40. The van der Waals surface area contributed by atoms with Gasteiger partial charge in [0.15, 0.2) is 9.84 Å². The molecule has 0 aliphatic rings. The van der Waals surface area contributed by atoms with E-state index in [4.69, 9.17) is 0 Å². The van der Waals surface area contributed by atoms with Crippen molar-refractivity contribution in [1.29, 1.82) is 0 Å². The molecule has 0 bridgehead atoms. The van der Waals surface area contributed by atoms with Crippen LogP contribution in [-0.2, 0) is 24.1 Å². The first-order valence-electron chi connectivity index (χ1n) is 8.16. The van der Waals surface area contributed by atoms with E-state index in [1.165, 1.54) is 44.6 Å². The molecule has 0 saturated carbocycles. The Hall–Kier alpha value is -3.20. The van der Waals surface area contributed by atoms with Gasteiger partial charge in [0.05, 0.1) is 36.0 Å². The molecule has 0 radical (unpaired) electrons. The summed E-state index contributed by atoms with van der Waals surface area (Å²) in [5.74, 6) is -2.37. The average molecular weight is 405 g/mol. The van der Waals surface area contributed by atoms with Crippen LogP contribution in [0.1, 0.15) is 27.1 Å². The van der Waals surface area contributed by atoms with Gasteiger partial charge < -0.3 is 14.8 Å². The molecule has 0 aliphatic carbocycles. The summed E-state index contributed by atoms with van der Waals surface area (Å²) < 4.78 is 33.7. The number of esters is 2. The molecule has 9 heteroatoms. The van der Waals surface area contributed by atoms with Gasteiger partial charge in [0, 0.05) is 12.1 Å². The number of benzene rings is 2. The molecule has 1 amide bonds. The Morgan fingerprint density at radius 3 is 1.93 bits per heavy atom. The molecule has 28 heavy (non-hydrogen) atoms. The van der Waals surface area contributed by atoms with Crippen molar-refractivity contribution in [3.05, 3.63) is 59.7 Å². The summed E-state index contributed by atoms with van der Waals surface area (Å²) in [6, 6.07) is 11.7. The van der Waals surface area contributed by atoms with Gasteiger partial charge in [-0.25, -0.2) is 18.0 Å². The zero-order valence-electron chi connectivity index (χ0n) is 15.3. The number of carbonyl (C=O) groups excluding carboxylic acids is 3. The van der Waals surface area contributed by atoms with Crippen LogP contribution < -0.4 is 5.32 Å². The highest BCUT2D eigenvalue weighted by Crippen LogP contribution is 2.18. The topological polar surface area (TPSA) is 116 Å². The monoisotopic (exact) mass is 405 g/mol. The van der Waals surface area contributed by atoms with Crippen molar-refractivity contribution in [2.45, 2.75) is 11.3 Å². The average Bonchev–Trinajstić information content (AvgIpc) is 2.71. The van der Waals surface area contributed by atoms with Crippen LogP contribution in [0.3, 0.4) is 0 Å². The molecule has 2 aromatic carbocycles. The highest BCUT2D eigenvalue weighted by atomic mass is 32.2. The minimum Gasteiger partial charge on any atom is -0.465 e. The zero-order chi connectivity index (χ0) is 20.7. The predicted octanol–water partition coefficient (Wildman–Crippen LogP) is 2.06. The van der Waals surface area contributed by atoms with E-state index in [-0.39, 0.29) is 33.9 Å². The molecule has 0 heterocycles. The highest BCUT2D eigenvalue weighted by molar-refractivity contribution is 7.91. The van der Waals surface area contributed by atoms with Crippen molar-refractivity contribution in [2.75, 3.05) is 25.3 Å². The van der Waals surface area contributed by atoms with E-state index in [0.29, 0.717) is 0 Å². The number of hydrogen-bond acceptors (Lipinski definition) is 7. The number of sulfone groups is 1. The lowest BCUT2D eigenvalue weighted by Gasteiger charge is -2.10. The van der Waals surface area contributed by atoms with E-state index in [0.717, 1.165) is 0 Å². The molecule has 1 N–H and O–H groups in total. The van der Waals surface area contributed by atoms with Gasteiger partial charge in [0.2, 0.25) is 5.91 Å². The Morgan fingerprint density at radius 1 is 0.893 bits per heavy atom. The molecule has 0 saturated heterocycles. The molecule has 0 fully saturated rings. The number of nitrogens with one attached hydrogen (secondary N) is 1. The SMILES string of the molecule is COC(=O)c1cc(NC(=O)CCS(=O)(=O)c2ccccc2)cc(C(=O)OC)c1. The Morgan fingerprint density at radius 2 is 1.43 bits per heavy atom. The van der Waals surface area contributed by atoms with Crippen LogP contribution in [0.25, 0.3) is 0 Å². The summed E-state index contributed by atoms with van der Waals surface area (Å²) >= 11 is 0. The number of methoxy groups -OCH3 is 2. The molecular formula is C19H19NO7S. The number of ether oxygens (including phenoxy) is 2. The Balaban J connectivity index is 2.14. The first kappa shape index (κ1) is 21.1. The maximum absolute atomic E-state index is 12.3. The summed E-state index contributed by atoms with van der Waals surface area (Å²) in [7, 11) is -1.25. The second-order valence-corrected chi connectivity index (χ2v) is 7.82. The number of anilines is 1. The smallest absolute Gasteiger partial charge is 0.337 e. The second kappa shape index (κ2) is 9.14. The molecule has 0 aromatic heterocycles. The third-order valence-electron chi connectivity index (χ3n) is 3.76. The summed E-state index contributed by atoms with van der Waals surface area (Å²) in [5.41, 5.74) is 0.223. The van der Waals surface area contributed by atoms with Gasteiger partial charge in [-0.1, -0.05) is 18.2 Å². The van der Waals surface area contributed by atoms with Crippen molar-refractivity contribution in [2.24, 2.45) is 0 Å². The van der Waals surface area contributed by atoms with E-state index in [2.05, 4.69) is 14.8 Å². The van der Waals surface area contributed by atoms with E-state index in [1.54, 1.807) is 18.2 Å². The maximum atomic E-state index is 12.3. The normalized spacial score (nSPS) is 10.8. The quantitative estimate of drug-likeness (QED) is 0.701. The van der Waals surface area contributed by atoms with Crippen LogP contribution in [0.2, 0.25) is 0 Å². The molecule has 2 rings (SSSR count). The summed E-state index contributed by atoms with van der Waals surface area (Å²) in [6.45, 7) is 0. The minimum atomic E-state index is -3.61. The van der Waals surface area contributed by atoms with Gasteiger partial charge >= 0.3 is 11.9 Å². The van der Waals surface area contributed by atoms with Crippen molar-refractivity contribution in [3.63, 3.8) is 0 Å². The van der Waals surface area contributed by atoms with Gasteiger partial charge in [0.1, 0.15) is 0 Å². The van der Waals surface area contributed by atoms with Crippen LogP contribution >= 0.6 is 0 Å². The maximum Gasteiger partial charge on any atom is 0.337 e. The van der Waals surface area contributed by atoms with Crippen LogP contribution in [0, 0.1) is 0 Å². The molecule has 8 nitrogen and oxygen atoms in total. The number of rotatable bonds is 7. The summed E-state index contributed by atoms with van der Waals surface area (Å²) in [6.07, 6.45) is -0.298. The highest BCUT2D eigenvalue weighted by Gasteiger charge is 2.18. The third-order valence-corrected chi connectivity index (χ3v) is 5.49. The lowest BCUT2D eigenvalue weighted by Crippen LogP contribution is -2.18. The van der Waals surface area contributed by atoms with Crippen LogP contribution in [-0.4, -0.2) is 46.2 Å².